The highest BCUT2D eigenvalue weighted by atomic mass is 16.3. The average Bonchev–Trinajstić information content (AvgIpc) is 2.61. The summed E-state index contributed by atoms with van der Waals surface area (Å²) in [6.45, 7) is 3.26. The lowest BCUT2D eigenvalue weighted by Crippen LogP contribution is -2.54. The van der Waals surface area contributed by atoms with Gasteiger partial charge in [-0.3, -0.25) is 9.78 Å². The molecule has 1 atom stereocenters. The zero-order chi connectivity index (χ0) is 17.0. The van der Waals surface area contributed by atoms with Crippen molar-refractivity contribution in [3.05, 3.63) is 48.2 Å². The van der Waals surface area contributed by atoms with Crippen molar-refractivity contribution < 1.29 is 9.90 Å². The van der Waals surface area contributed by atoms with Crippen molar-refractivity contribution in [2.45, 2.75) is 25.4 Å². The summed E-state index contributed by atoms with van der Waals surface area (Å²) in [7, 11) is 0. The Morgan fingerprint density at radius 1 is 1.33 bits per heavy atom. The van der Waals surface area contributed by atoms with Crippen molar-refractivity contribution >= 4 is 11.7 Å². The summed E-state index contributed by atoms with van der Waals surface area (Å²) in [4.78, 5) is 26.6. The molecule has 0 aromatic carbocycles. The van der Waals surface area contributed by atoms with Gasteiger partial charge >= 0.3 is 0 Å². The number of hydrogen-bond acceptors (Lipinski definition) is 6. The number of pyridine rings is 1. The molecule has 2 aromatic heterocycles. The molecule has 1 aliphatic heterocycles. The summed E-state index contributed by atoms with van der Waals surface area (Å²) in [6.07, 6.45) is 6.20. The third-order valence-corrected chi connectivity index (χ3v) is 4.12. The van der Waals surface area contributed by atoms with E-state index in [1.807, 2.05) is 30.0 Å². The van der Waals surface area contributed by atoms with Gasteiger partial charge in [0.1, 0.15) is 11.5 Å². The smallest absolute Gasteiger partial charge is 0.271 e. The number of anilines is 1. The second-order valence-corrected chi connectivity index (χ2v) is 6.16. The van der Waals surface area contributed by atoms with Gasteiger partial charge in [-0.05, 0) is 31.9 Å². The first-order chi connectivity index (χ1) is 11.6. The first-order valence-corrected chi connectivity index (χ1v) is 8.01. The Labute approximate surface area is 140 Å². The molecule has 0 spiro atoms. The fourth-order valence-corrected chi connectivity index (χ4v) is 2.84. The molecule has 126 valence electrons. The number of aromatic nitrogens is 3. The zero-order valence-electron chi connectivity index (χ0n) is 13.6. The maximum atomic E-state index is 12.1. The van der Waals surface area contributed by atoms with E-state index in [2.05, 4.69) is 20.3 Å². The molecule has 1 aliphatic rings. The number of carbonyl (C=O) groups is 1. The Morgan fingerprint density at radius 2 is 2.21 bits per heavy atom. The predicted molar refractivity (Wildman–Crippen MR) is 89.7 cm³/mol. The molecule has 1 fully saturated rings. The first-order valence-electron chi connectivity index (χ1n) is 8.01. The van der Waals surface area contributed by atoms with E-state index >= 15 is 0 Å². The van der Waals surface area contributed by atoms with Gasteiger partial charge in [-0.1, -0.05) is 6.07 Å². The number of aryl methyl sites for hydroxylation is 1. The minimum atomic E-state index is -0.983. The third-order valence-electron chi connectivity index (χ3n) is 4.12. The molecule has 0 saturated carbocycles. The number of aliphatic hydroxyl groups is 1. The fraction of sp³-hybridized carbons (Fsp3) is 0.412. The van der Waals surface area contributed by atoms with E-state index < -0.39 is 5.60 Å². The number of rotatable bonds is 4. The van der Waals surface area contributed by atoms with Crippen LogP contribution < -0.4 is 10.2 Å². The maximum Gasteiger partial charge on any atom is 0.271 e. The van der Waals surface area contributed by atoms with E-state index in [0.29, 0.717) is 13.0 Å². The summed E-state index contributed by atoms with van der Waals surface area (Å²) in [5, 5.41) is 13.6. The molecule has 7 nitrogen and oxygen atoms in total. The number of hydrogen-bond donors (Lipinski definition) is 2. The maximum absolute atomic E-state index is 12.1. The molecule has 3 heterocycles. The summed E-state index contributed by atoms with van der Waals surface area (Å²) in [5.74, 6) is 0.511. The van der Waals surface area contributed by atoms with Crippen molar-refractivity contribution in [3.8, 4) is 0 Å². The van der Waals surface area contributed by atoms with Gasteiger partial charge < -0.3 is 15.3 Å². The highest BCUT2D eigenvalue weighted by Crippen LogP contribution is 2.24. The Balaban J connectivity index is 1.61. The summed E-state index contributed by atoms with van der Waals surface area (Å²) < 4.78 is 0. The predicted octanol–water partition coefficient (Wildman–Crippen LogP) is 0.941. The molecular weight excluding hydrogens is 306 g/mol. The third kappa shape index (κ3) is 3.86. The van der Waals surface area contributed by atoms with Gasteiger partial charge in [-0.25, -0.2) is 9.97 Å². The molecule has 3 rings (SSSR count). The van der Waals surface area contributed by atoms with Crippen molar-refractivity contribution in [2.24, 2.45) is 0 Å². The van der Waals surface area contributed by atoms with Crippen molar-refractivity contribution in [3.63, 3.8) is 0 Å². The number of β-amino-alcohol motifs (C(OH)–C–C–N with tert-alkyl or cyclic N) is 1. The molecule has 7 heteroatoms. The van der Waals surface area contributed by atoms with Gasteiger partial charge in [-0.15, -0.1) is 0 Å². The van der Waals surface area contributed by atoms with E-state index in [-0.39, 0.29) is 18.1 Å². The molecule has 2 aromatic rings. The lowest BCUT2D eigenvalue weighted by molar-refractivity contribution is 0.0253. The first kappa shape index (κ1) is 16.3. The van der Waals surface area contributed by atoms with Crippen LogP contribution in [0.2, 0.25) is 0 Å². The second kappa shape index (κ2) is 6.92. The summed E-state index contributed by atoms with van der Waals surface area (Å²) in [5.41, 5.74) is 0.0221. The van der Waals surface area contributed by atoms with Crippen LogP contribution in [-0.4, -0.2) is 51.2 Å². The Kier molecular flexibility index (Phi) is 4.71. The van der Waals surface area contributed by atoms with Crippen molar-refractivity contribution in [1.29, 1.82) is 0 Å². The monoisotopic (exact) mass is 327 g/mol. The number of piperidine rings is 1. The topological polar surface area (TPSA) is 91.2 Å². The molecule has 1 amide bonds. The highest BCUT2D eigenvalue weighted by molar-refractivity contribution is 5.91. The Hall–Kier alpha value is -2.54. The second-order valence-electron chi connectivity index (χ2n) is 6.16. The molecule has 1 saturated heterocycles. The summed E-state index contributed by atoms with van der Waals surface area (Å²) >= 11 is 0. The van der Waals surface area contributed by atoms with Gasteiger partial charge in [0.15, 0.2) is 0 Å². The molecule has 0 radical (unpaired) electrons. The Bertz CT molecular complexity index is 692. The largest absolute Gasteiger partial charge is 0.386 e. The number of nitrogens with one attached hydrogen (secondary N) is 1. The van der Waals surface area contributed by atoms with Gasteiger partial charge in [0.05, 0.1) is 17.5 Å². The average molecular weight is 327 g/mol. The van der Waals surface area contributed by atoms with Crippen LogP contribution in [0, 0.1) is 6.92 Å². The minimum absolute atomic E-state index is 0.171. The van der Waals surface area contributed by atoms with Gasteiger partial charge in [0.25, 0.3) is 5.91 Å². The highest BCUT2D eigenvalue weighted by Gasteiger charge is 2.34. The number of amides is 1. The lowest BCUT2D eigenvalue weighted by Gasteiger charge is -2.39. The van der Waals surface area contributed by atoms with Gasteiger partial charge in [-0.2, -0.15) is 0 Å². The van der Waals surface area contributed by atoms with Crippen LogP contribution in [0.25, 0.3) is 0 Å². The summed E-state index contributed by atoms with van der Waals surface area (Å²) in [6, 6.07) is 5.71. The number of nitrogens with zero attached hydrogens (tertiary/aromatic N) is 4. The van der Waals surface area contributed by atoms with Crippen LogP contribution in [0.5, 0.6) is 0 Å². The quantitative estimate of drug-likeness (QED) is 0.868. The van der Waals surface area contributed by atoms with Crippen LogP contribution in [0.15, 0.2) is 36.8 Å². The van der Waals surface area contributed by atoms with Crippen LogP contribution in [-0.2, 0) is 0 Å². The number of carbonyl (C=O) groups excluding carboxylic acids is 1. The van der Waals surface area contributed by atoms with Crippen molar-refractivity contribution in [1.82, 2.24) is 20.3 Å². The lowest BCUT2D eigenvalue weighted by atomic mass is 9.92. The van der Waals surface area contributed by atoms with Gasteiger partial charge in [0, 0.05) is 32.0 Å². The van der Waals surface area contributed by atoms with Gasteiger partial charge in [0.2, 0.25) is 0 Å². The van der Waals surface area contributed by atoms with Crippen LogP contribution in [0.3, 0.4) is 0 Å². The van der Waals surface area contributed by atoms with E-state index in [1.165, 1.54) is 6.20 Å². The molecule has 2 N–H and O–H groups in total. The molecule has 0 aliphatic carbocycles. The standard InChI is InChI=1S/C17H21N5O2/c1-13-9-20-14(10-19-13)16(23)21-11-17(24)6-4-8-22(12-17)15-5-2-3-7-18-15/h2-3,5,7,9-10,24H,4,6,8,11-12H2,1H3,(H,21,23)/t17-/m1/s1. The molecule has 0 unspecified atom stereocenters. The van der Waals surface area contributed by atoms with E-state index in [9.17, 15) is 9.90 Å². The van der Waals surface area contributed by atoms with Crippen LogP contribution in [0.1, 0.15) is 29.0 Å². The van der Waals surface area contributed by atoms with E-state index in [0.717, 1.165) is 24.5 Å². The molecule has 24 heavy (non-hydrogen) atoms. The zero-order valence-corrected chi connectivity index (χ0v) is 13.6. The molecular formula is C17H21N5O2. The van der Waals surface area contributed by atoms with Crippen LogP contribution in [0.4, 0.5) is 5.82 Å². The van der Waals surface area contributed by atoms with Crippen molar-refractivity contribution in [2.75, 3.05) is 24.5 Å². The Morgan fingerprint density at radius 3 is 2.92 bits per heavy atom. The molecule has 0 bridgehead atoms. The SMILES string of the molecule is Cc1cnc(C(=O)NC[C@]2(O)CCCN(c3ccccn3)C2)cn1. The van der Waals surface area contributed by atoms with Crippen LogP contribution >= 0.6 is 0 Å². The van der Waals surface area contributed by atoms with E-state index in [4.69, 9.17) is 0 Å². The minimum Gasteiger partial charge on any atom is -0.386 e. The normalized spacial score (nSPS) is 20.7. The van der Waals surface area contributed by atoms with E-state index in [1.54, 1.807) is 12.4 Å². The fourth-order valence-electron chi connectivity index (χ4n) is 2.84.